The van der Waals surface area contributed by atoms with E-state index in [-0.39, 0.29) is 24.8 Å². The topological polar surface area (TPSA) is 81.4 Å². The third-order valence-corrected chi connectivity index (χ3v) is 3.05. The number of benzene rings is 2. The molecule has 2 rings (SSSR count). The molecule has 0 aliphatic rings. The molecule has 0 heterocycles. The van der Waals surface area contributed by atoms with Crippen molar-refractivity contribution >= 4 is 17.5 Å². The first-order valence-corrected chi connectivity index (χ1v) is 7.08. The molecule has 0 saturated heterocycles. The zero-order valence-corrected chi connectivity index (χ0v) is 12.4. The second-order valence-electron chi connectivity index (χ2n) is 4.96. The Morgan fingerprint density at radius 2 is 1.87 bits per heavy atom. The van der Waals surface area contributed by atoms with E-state index in [9.17, 15) is 14.0 Å². The third kappa shape index (κ3) is 5.78. The molecule has 5 nitrogen and oxygen atoms in total. The van der Waals surface area contributed by atoms with Crippen molar-refractivity contribution in [2.45, 2.75) is 12.8 Å². The van der Waals surface area contributed by atoms with E-state index in [4.69, 9.17) is 10.5 Å². The maximum atomic E-state index is 13.0. The lowest BCUT2D eigenvalue weighted by molar-refractivity contribution is -0.120. The number of halogens is 1. The number of hydrogen-bond acceptors (Lipinski definition) is 3. The molecule has 2 amide bonds. The maximum absolute atomic E-state index is 13.0. The highest BCUT2D eigenvalue weighted by Crippen LogP contribution is 2.16. The number of primary amides is 1. The van der Waals surface area contributed by atoms with Crippen LogP contribution in [0.25, 0.3) is 0 Å². The number of rotatable bonds is 7. The Kier molecular flexibility index (Phi) is 5.68. The van der Waals surface area contributed by atoms with Crippen LogP contribution in [0.2, 0.25) is 0 Å². The Balaban J connectivity index is 1.81. The quantitative estimate of drug-likeness (QED) is 0.822. The molecule has 0 atom stereocenters. The molecule has 23 heavy (non-hydrogen) atoms. The first-order valence-electron chi connectivity index (χ1n) is 7.08. The van der Waals surface area contributed by atoms with Gasteiger partial charge in [0, 0.05) is 12.1 Å². The highest BCUT2D eigenvalue weighted by Gasteiger charge is 2.05. The van der Waals surface area contributed by atoms with Crippen LogP contribution in [0.4, 0.5) is 10.1 Å². The molecular formula is C17H17FN2O3. The van der Waals surface area contributed by atoms with Crippen LogP contribution < -0.4 is 15.8 Å². The summed E-state index contributed by atoms with van der Waals surface area (Å²) < 4.78 is 18.2. The van der Waals surface area contributed by atoms with Crippen molar-refractivity contribution in [3.05, 3.63) is 59.9 Å². The Morgan fingerprint density at radius 1 is 1.13 bits per heavy atom. The standard InChI is InChI=1S/C17H17FN2O3/c18-13-3-1-2-12(10-13)4-9-17(22)20-14-5-7-15(8-6-14)23-11-16(19)21/h1-3,5-8,10H,4,9,11H2,(H2,19,21)(H,20,22). The average Bonchev–Trinajstić information content (AvgIpc) is 2.52. The number of carbonyl (C=O) groups is 2. The van der Waals surface area contributed by atoms with Crippen molar-refractivity contribution in [3.63, 3.8) is 0 Å². The molecule has 0 bridgehead atoms. The van der Waals surface area contributed by atoms with Gasteiger partial charge in [0.2, 0.25) is 5.91 Å². The highest BCUT2D eigenvalue weighted by atomic mass is 19.1. The van der Waals surface area contributed by atoms with E-state index in [1.165, 1.54) is 12.1 Å². The molecule has 0 saturated carbocycles. The van der Waals surface area contributed by atoms with Gasteiger partial charge < -0.3 is 15.8 Å². The molecule has 3 N–H and O–H groups in total. The predicted octanol–water partition coefficient (Wildman–Crippen LogP) is 2.26. The highest BCUT2D eigenvalue weighted by molar-refractivity contribution is 5.90. The summed E-state index contributed by atoms with van der Waals surface area (Å²) in [6.45, 7) is -0.195. The first-order chi connectivity index (χ1) is 11.0. The largest absolute Gasteiger partial charge is 0.484 e. The van der Waals surface area contributed by atoms with Crippen LogP contribution in [0.1, 0.15) is 12.0 Å². The van der Waals surface area contributed by atoms with Crippen LogP contribution in [0.5, 0.6) is 5.75 Å². The summed E-state index contributed by atoms with van der Waals surface area (Å²) in [7, 11) is 0. The molecule has 0 aliphatic carbocycles. The first kappa shape index (κ1) is 16.5. The molecule has 120 valence electrons. The van der Waals surface area contributed by atoms with Gasteiger partial charge in [0.1, 0.15) is 11.6 Å². The fourth-order valence-electron chi connectivity index (χ4n) is 1.96. The number of aryl methyl sites for hydroxylation is 1. The van der Waals surface area contributed by atoms with Gasteiger partial charge >= 0.3 is 0 Å². The Labute approximate surface area is 133 Å². The fraction of sp³-hybridized carbons (Fsp3) is 0.176. The lowest BCUT2D eigenvalue weighted by Gasteiger charge is -2.07. The molecule has 0 spiro atoms. The summed E-state index contributed by atoms with van der Waals surface area (Å²) >= 11 is 0. The molecule has 0 radical (unpaired) electrons. The number of carbonyl (C=O) groups excluding carboxylic acids is 2. The van der Waals surface area contributed by atoms with E-state index < -0.39 is 5.91 Å². The van der Waals surface area contributed by atoms with E-state index in [1.807, 2.05) is 0 Å². The fourth-order valence-corrected chi connectivity index (χ4v) is 1.96. The average molecular weight is 316 g/mol. The molecule has 0 aromatic heterocycles. The van der Waals surface area contributed by atoms with Gasteiger partial charge in [-0.05, 0) is 48.4 Å². The summed E-state index contributed by atoms with van der Waals surface area (Å²) in [5.41, 5.74) is 6.37. The van der Waals surface area contributed by atoms with Crippen molar-refractivity contribution in [1.29, 1.82) is 0 Å². The van der Waals surface area contributed by atoms with E-state index in [0.29, 0.717) is 17.9 Å². The minimum Gasteiger partial charge on any atom is -0.484 e. The van der Waals surface area contributed by atoms with Gasteiger partial charge in [-0.2, -0.15) is 0 Å². The minimum absolute atomic E-state index is 0.167. The maximum Gasteiger partial charge on any atom is 0.255 e. The van der Waals surface area contributed by atoms with Gasteiger partial charge in [0.15, 0.2) is 6.61 Å². The lowest BCUT2D eigenvalue weighted by atomic mass is 10.1. The Bertz CT molecular complexity index is 686. The number of ether oxygens (including phenoxy) is 1. The van der Waals surface area contributed by atoms with E-state index in [1.54, 1.807) is 36.4 Å². The zero-order chi connectivity index (χ0) is 16.7. The summed E-state index contributed by atoms with van der Waals surface area (Å²) in [6, 6.07) is 12.8. The van der Waals surface area contributed by atoms with Crippen molar-refractivity contribution in [2.24, 2.45) is 5.73 Å². The third-order valence-electron chi connectivity index (χ3n) is 3.05. The van der Waals surface area contributed by atoms with Gasteiger partial charge in [-0.15, -0.1) is 0 Å². The molecule has 2 aromatic rings. The summed E-state index contributed by atoms with van der Waals surface area (Å²) in [4.78, 5) is 22.5. The SMILES string of the molecule is NC(=O)COc1ccc(NC(=O)CCc2cccc(F)c2)cc1. The summed E-state index contributed by atoms with van der Waals surface area (Å²) in [6.07, 6.45) is 0.715. The van der Waals surface area contributed by atoms with Crippen LogP contribution >= 0.6 is 0 Å². The molecule has 0 unspecified atom stereocenters. The van der Waals surface area contributed by atoms with Crippen LogP contribution in [0.15, 0.2) is 48.5 Å². The molecule has 0 fully saturated rings. The second-order valence-corrected chi connectivity index (χ2v) is 4.96. The van der Waals surface area contributed by atoms with Gasteiger partial charge in [-0.1, -0.05) is 12.1 Å². The molecule has 0 aliphatic heterocycles. The second kappa shape index (κ2) is 7.93. The predicted molar refractivity (Wildman–Crippen MR) is 84.5 cm³/mol. The Morgan fingerprint density at radius 3 is 2.52 bits per heavy atom. The number of nitrogens with two attached hydrogens (primary N) is 1. The summed E-state index contributed by atoms with van der Waals surface area (Å²) in [5.74, 6) is -0.546. The molecule has 2 aromatic carbocycles. The van der Waals surface area contributed by atoms with Crippen LogP contribution in [-0.2, 0) is 16.0 Å². The van der Waals surface area contributed by atoms with E-state index in [2.05, 4.69) is 5.32 Å². The van der Waals surface area contributed by atoms with Crippen molar-refractivity contribution < 1.29 is 18.7 Å². The van der Waals surface area contributed by atoms with E-state index >= 15 is 0 Å². The van der Waals surface area contributed by atoms with Gasteiger partial charge in [0.25, 0.3) is 5.91 Å². The van der Waals surface area contributed by atoms with Crippen LogP contribution in [0.3, 0.4) is 0 Å². The van der Waals surface area contributed by atoms with Crippen molar-refractivity contribution in [2.75, 3.05) is 11.9 Å². The number of anilines is 1. The zero-order valence-electron chi connectivity index (χ0n) is 12.4. The number of amides is 2. The summed E-state index contributed by atoms with van der Waals surface area (Å²) in [5, 5.41) is 2.74. The van der Waals surface area contributed by atoms with Crippen LogP contribution in [0, 0.1) is 5.82 Å². The van der Waals surface area contributed by atoms with Crippen molar-refractivity contribution in [3.8, 4) is 5.75 Å². The van der Waals surface area contributed by atoms with Gasteiger partial charge in [-0.3, -0.25) is 9.59 Å². The van der Waals surface area contributed by atoms with Gasteiger partial charge in [-0.25, -0.2) is 4.39 Å². The number of hydrogen-bond donors (Lipinski definition) is 2. The van der Waals surface area contributed by atoms with Crippen LogP contribution in [-0.4, -0.2) is 18.4 Å². The lowest BCUT2D eigenvalue weighted by Crippen LogP contribution is -2.20. The van der Waals surface area contributed by atoms with E-state index in [0.717, 1.165) is 5.56 Å². The minimum atomic E-state index is -0.556. The smallest absolute Gasteiger partial charge is 0.255 e. The molecule has 6 heteroatoms. The van der Waals surface area contributed by atoms with Crippen molar-refractivity contribution in [1.82, 2.24) is 0 Å². The van der Waals surface area contributed by atoms with Gasteiger partial charge in [0.05, 0.1) is 0 Å². The number of nitrogens with one attached hydrogen (secondary N) is 1. The molecular weight excluding hydrogens is 299 g/mol. The Hall–Kier alpha value is -2.89. The normalized spacial score (nSPS) is 10.1. The monoisotopic (exact) mass is 316 g/mol.